The first-order valence-electron chi connectivity index (χ1n) is 16.3. The van der Waals surface area contributed by atoms with E-state index in [1.165, 1.54) is 0 Å². The van der Waals surface area contributed by atoms with E-state index in [9.17, 15) is 4.79 Å². The fourth-order valence-electron chi connectivity index (χ4n) is 3.28. The maximum absolute atomic E-state index is 11.8. The van der Waals surface area contributed by atoms with Crippen LogP contribution in [0.15, 0.2) is 30.3 Å². The topological polar surface area (TPSA) is 119 Å². The lowest BCUT2D eigenvalue weighted by molar-refractivity contribution is -0.0263. The summed E-state index contributed by atoms with van der Waals surface area (Å²) in [5.74, 6) is -0.354. The zero-order valence-electron chi connectivity index (χ0n) is 28.9. The van der Waals surface area contributed by atoms with Gasteiger partial charge in [0.2, 0.25) is 0 Å². The standard InChI is InChI=1S/C33H60O12Si/c1-33(2,3)46(4,5)45-30-28-43-26-24-41-22-20-39-18-16-37-14-12-35-11-13-36-15-17-38-19-21-40-23-25-42-27-29-44-32(34)31-9-7-6-8-10-31/h6-10H,11-30H2,1-5H3. The Hall–Kier alpha value is -1.49. The van der Waals surface area contributed by atoms with Crippen LogP contribution in [0.3, 0.4) is 0 Å². The van der Waals surface area contributed by atoms with Crippen molar-refractivity contribution in [1.82, 2.24) is 0 Å². The van der Waals surface area contributed by atoms with Gasteiger partial charge < -0.3 is 51.8 Å². The molecule has 0 saturated heterocycles. The summed E-state index contributed by atoms with van der Waals surface area (Å²) in [5.41, 5.74) is 0.527. The smallest absolute Gasteiger partial charge is 0.338 e. The van der Waals surface area contributed by atoms with Crippen LogP contribution in [0.2, 0.25) is 18.1 Å². The summed E-state index contributed by atoms with van der Waals surface area (Å²) in [5, 5.41) is 0.214. The highest BCUT2D eigenvalue weighted by Gasteiger charge is 2.36. The van der Waals surface area contributed by atoms with Crippen molar-refractivity contribution in [3.8, 4) is 0 Å². The highest BCUT2D eigenvalue weighted by molar-refractivity contribution is 6.74. The van der Waals surface area contributed by atoms with Crippen LogP contribution in [0.25, 0.3) is 0 Å². The SMILES string of the molecule is CC(C)(C)[Si](C)(C)OCCOCCOCCOCCOCCOCCOCCOCCOCCOCCOC(=O)c1ccccc1. The molecule has 0 aliphatic rings. The summed E-state index contributed by atoms with van der Waals surface area (Å²) in [6, 6.07) is 8.86. The van der Waals surface area contributed by atoms with Crippen molar-refractivity contribution in [3.63, 3.8) is 0 Å². The molecular weight excluding hydrogens is 616 g/mol. The molecule has 46 heavy (non-hydrogen) atoms. The molecule has 12 nitrogen and oxygen atoms in total. The summed E-state index contributed by atoms with van der Waals surface area (Å²) < 4.78 is 60.6. The summed E-state index contributed by atoms with van der Waals surface area (Å²) in [7, 11) is -1.70. The zero-order chi connectivity index (χ0) is 33.6. The molecule has 0 fully saturated rings. The van der Waals surface area contributed by atoms with Crippen LogP contribution in [0.5, 0.6) is 0 Å². The van der Waals surface area contributed by atoms with Gasteiger partial charge in [-0.1, -0.05) is 39.0 Å². The van der Waals surface area contributed by atoms with E-state index >= 15 is 0 Å². The second-order valence-corrected chi connectivity index (χ2v) is 16.4. The predicted molar refractivity (Wildman–Crippen MR) is 177 cm³/mol. The van der Waals surface area contributed by atoms with E-state index in [1.54, 1.807) is 24.3 Å². The molecule has 0 heterocycles. The third kappa shape index (κ3) is 24.6. The number of carbonyl (C=O) groups excluding carboxylic acids is 1. The monoisotopic (exact) mass is 676 g/mol. The number of hydrogen-bond donors (Lipinski definition) is 0. The van der Waals surface area contributed by atoms with Crippen LogP contribution in [-0.2, 0) is 51.8 Å². The lowest BCUT2D eigenvalue weighted by Crippen LogP contribution is -2.41. The molecule has 0 saturated carbocycles. The Balaban J connectivity index is 1.67. The Morgan fingerprint density at radius 2 is 0.761 bits per heavy atom. The number of carbonyl (C=O) groups is 1. The van der Waals surface area contributed by atoms with Gasteiger partial charge in [0, 0.05) is 0 Å². The second kappa shape index (κ2) is 28.5. The van der Waals surface area contributed by atoms with E-state index in [1.807, 2.05) is 6.07 Å². The van der Waals surface area contributed by atoms with Crippen LogP contribution in [0, 0.1) is 0 Å². The van der Waals surface area contributed by atoms with Gasteiger partial charge in [-0.05, 0) is 30.3 Å². The molecule has 0 aliphatic heterocycles. The molecule has 0 N–H and O–H groups in total. The van der Waals surface area contributed by atoms with E-state index in [0.29, 0.717) is 131 Å². The molecule has 0 amide bonds. The molecular formula is C33H60O12Si. The Bertz CT molecular complexity index is 823. The van der Waals surface area contributed by atoms with Crippen LogP contribution < -0.4 is 0 Å². The van der Waals surface area contributed by atoms with Crippen molar-refractivity contribution in [3.05, 3.63) is 35.9 Å². The molecule has 1 aromatic rings. The van der Waals surface area contributed by atoms with Crippen LogP contribution in [0.4, 0.5) is 0 Å². The first kappa shape index (κ1) is 42.5. The highest BCUT2D eigenvalue weighted by atomic mass is 28.4. The van der Waals surface area contributed by atoms with E-state index in [0.717, 1.165) is 0 Å². The zero-order valence-corrected chi connectivity index (χ0v) is 29.9. The Morgan fingerprint density at radius 3 is 1.07 bits per heavy atom. The minimum absolute atomic E-state index is 0.204. The molecule has 0 radical (unpaired) electrons. The summed E-state index contributed by atoms with van der Waals surface area (Å²) >= 11 is 0. The quantitative estimate of drug-likeness (QED) is 0.0623. The molecule has 0 bridgehead atoms. The third-order valence-corrected chi connectivity index (χ3v) is 11.5. The minimum atomic E-state index is -1.70. The van der Waals surface area contributed by atoms with Crippen molar-refractivity contribution >= 4 is 14.3 Å². The van der Waals surface area contributed by atoms with Crippen LogP contribution >= 0.6 is 0 Å². The third-order valence-electron chi connectivity index (χ3n) is 6.94. The molecule has 0 aromatic heterocycles. The fourth-order valence-corrected chi connectivity index (χ4v) is 4.31. The average molecular weight is 677 g/mol. The molecule has 0 aliphatic carbocycles. The fraction of sp³-hybridized carbons (Fsp3) is 0.788. The number of ether oxygens (including phenoxy) is 10. The van der Waals surface area contributed by atoms with Gasteiger partial charge in [0.15, 0.2) is 8.32 Å². The number of esters is 1. The summed E-state index contributed by atoms with van der Waals surface area (Å²) in [6.45, 7) is 20.9. The maximum atomic E-state index is 11.8. The van der Waals surface area contributed by atoms with Crippen molar-refractivity contribution < 1.29 is 56.6 Å². The summed E-state index contributed by atoms with van der Waals surface area (Å²) in [6.07, 6.45) is 0. The van der Waals surface area contributed by atoms with Crippen molar-refractivity contribution in [2.75, 3.05) is 132 Å². The number of rotatable bonds is 32. The molecule has 0 spiro atoms. The van der Waals surface area contributed by atoms with Gasteiger partial charge in [0.1, 0.15) is 6.61 Å². The Labute approximate surface area is 277 Å². The predicted octanol–water partition coefficient (Wildman–Crippen LogP) is 4.01. The van der Waals surface area contributed by atoms with Gasteiger partial charge in [0.05, 0.1) is 131 Å². The lowest BCUT2D eigenvalue weighted by atomic mass is 10.2. The van der Waals surface area contributed by atoms with Gasteiger partial charge in [-0.25, -0.2) is 4.79 Å². The van der Waals surface area contributed by atoms with Gasteiger partial charge in [-0.2, -0.15) is 0 Å². The maximum Gasteiger partial charge on any atom is 0.338 e. The van der Waals surface area contributed by atoms with Gasteiger partial charge in [0.25, 0.3) is 0 Å². The minimum Gasteiger partial charge on any atom is -0.460 e. The molecule has 0 unspecified atom stereocenters. The number of hydrogen-bond acceptors (Lipinski definition) is 12. The molecule has 0 atom stereocenters. The van der Waals surface area contributed by atoms with Gasteiger partial charge in [-0.3, -0.25) is 0 Å². The van der Waals surface area contributed by atoms with Crippen molar-refractivity contribution in [1.29, 1.82) is 0 Å². The van der Waals surface area contributed by atoms with Crippen molar-refractivity contribution in [2.45, 2.75) is 38.9 Å². The second-order valence-electron chi connectivity index (χ2n) is 11.6. The molecule has 1 aromatic carbocycles. The summed E-state index contributed by atoms with van der Waals surface area (Å²) in [4.78, 5) is 11.8. The van der Waals surface area contributed by atoms with E-state index in [4.69, 9.17) is 51.8 Å². The number of benzene rings is 1. The van der Waals surface area contributed by atoms with Gasteiger partial charge >= 0.3 is 5.97 Å². The van der Waals surface area contributed by atoms with Crippen LogP contribution in [-0.4, -0.2) is 146 Å². The first-order valence-corrected chi connectivity index (χ1v) is 19.2. The largest absolute Gasteiger partial charge is 0.460 e. The Morgan fingerprint density at radius 1 is 0.478 bits per heavy atom. The van der Waals surface area contributed by atoms with E-state index in [-0.39, 0.29) is 17.6 Å². The molecule has 268 valence electrons. The normalized spacial score (nSPS) is 12.1. The molecule has 13 heteroatoms. The molecule has 1 rings (SSSR count). The highest BCUT2D eigenvalue weighted by Crippen LogP contribution is 2.36. The van der Waals surface area contributed by atoms with Crippen LogP contribution in [0.1, 0.15) is 31.1 Å². The van der Waals surface area contributed by atoms with Crippen molar-refractivity contribution in [2.24, 2.45) is 0 Å². The lowest BCUT2D eigenvalue weighted by Gasteiger charge is -2.36. The van der Waals surface area contributed by atoms with E-state index < -0.39 is 8.32 Å². The first-order chi connectivity index (χ1) is 22.2. The Kier molecular flexibility index (Phi) is 26.4. The van der Waals surface area contributed by atoms with Gasteiger partial charge in [-0.15, -0.1) is 0 Å². The van der Waals surface area contributed by atoms with E-state index in [2.05, 4.69) is 33.9 Å². The average Bonchev–Trinajstić information content (AvgIpc) is 3.03.